The molecular formula is C14H22N4O3S. The Morgan fingerprint density at radius 1 is 1.05 bits per heavy atom. The fourth-order valence-corrected chi connectivity index (χ4v) is 4.42. The number of nitrogens with zero attached hydrogens (tertiary/aromatic N) is 2. The van der Waals surface area contributed by atoms with Gasteiger partial charge in [0.15, 0.2) is 0 Å². The maximum absolute atomic E-state index is 12.7. The van der Waals surface area contributed by atoms with Crippen molar-refractivity contribution in [2.45, 2.75) is 24.2 Å². The molecule has 0 aliphatic carbocycles. The molecule has 0 radical (unpaired) electrons. The predicted octanol–water partition coefficient (Wildman–Crippen LogP) is 0.235. The number of H-pyrrole nitrogens is 1. The summed E-state index contributed by atoms with van der Waals surface area (Å²) in [6.45, 7) is 3.95. The third kappa shape index (κ3) is 3.04. The molecule has 8 heteroatoms. The van der Waals surface area contributed by atoms with E-state index in [1.807, 2.05) is 0 Å². The summed E-state index contributed by atoms with van der Waals surface area (Å²) in [5.41, 5.74) is 0.355. The molecule has 1 aromatic rings. The summed E-state index contributed by atoms with van der Waals surface area (Å²) in [6, 6.07) is 1.47. The van der Waals surface area contributed by atoms with Gasteiger partial charge in [-0.05, 0) is 31.9 Å². The number of hydrogen-bond acceptors (Lipinski definition) is 4. The second-order valence-electron chi connectivity index (χ2n) is 5.76. The summed E-state index contributed by atoms with van der Waals surface area (Å²) in [6.07, 6.45) is 4.25. The summed E-state index contributed by atoms with van der Waals surface area (Å²) < 4.78 is 26.8. The van der Waals surface area contributed by atoms with Gasteiger partial charge in [-0.25, -0.2) is 8.42 Å². The van der Waals surface area contributed by atoms with E-state index in [1.54, 1.807) is 4.90 Å². The summed E-state index contributed by atoms with van der Waals surface area (Å²) in [5.74, 6) is -0.114. The largest absolute Gasteiger partial charge is 0.356 e. The van der Waals surface area contributed by atoms with Gasteiger partial charge in [-0.2, -0.15) is 4.31 Å². The lowest BCUT2D eigenvalue weighted by Crippen LogP contribution is -2.34. The standard InChI is InChI=1S/C14H22N4O3S/c19-14(17-6-1-2-7-17)13-10-12(11-16-13)22(20,21)18-8-3-4-15-5-9-18/h10-11,15-16H,1-9H2. The predicted molar refractivity (Wildman–Crippen MR) is 82.2 cm³/mol. The Morgan fingerprint density at radius 3 is 2.59 bits per heavy atom. The van der Waals surface area contributed by atoms with Crippen LogP contribution in [0.15, 0.2) is 17.2 Å². The van der Waals surface area contributed by atoms with Crippen LogP contribution in [0.25, 0.3) is 0 Å². The monoisotopic (exact) mass is 326 g/mol. The summed E-state index contributed by atoms with van der Waals surface area (Å²) in [7, 11) is -3.53. The smallest absolute Gasteiger partial charge is 0.270 e. The number of aromatic amines is 1. The van der Waals surface area contributed by atoms with Gasteiger partial charge < -0.3 is 15.2 Å². The molecule has 2 N–H and O–H groups in total. The van der Waals surface area contributed by atoms with E-state index in [2.05, 4.69) is 10.3 Å². The summed E-state index contributed by atoms with van der Waals surface area (Å²) in [5, 5.41) is 3.19. The minimum Gasteiger partial charge on any atom is -0.356 e. The van der Waals surface area contributed by atoms with Gasteiger partial charge in [-0.3, -0.25) is 4.79 Å². The van der Waals surface area contributed by atoms with Crippen LogP contribution in [0.4, 0.5) is 0 Å². The molecule has 2 aliphatic heterocycles. The molecule has 7 nitrogen and oxygen atoms in total. The van der Waals surface area contributed by atoms with Gasteiger partial charge in [0.2, 0.25) is 10.0 Å². The van der Waals surface area contributed by atoms with Crippen LogP contribution in [-0.4, -0.2) is 67.8 Å². The highest BCUT2D eigenvalue weighted by Gasteiger charge is 2.28. The molecule has 1 aromatic heterocycles. The van der Waals surface area contributed by atoms with Crippen LogP contribution < -0.4 is 5.32 Å². The average Bonchev–Trinajstić information content (AvgIpc) is 3.13. The Morgan fingerprint density at radius 2 is 1.82 bits per heavy atom. The normalized spacial score (nSPS) is 21.0. The quantitative estimate of drug-likeness (QED) is 0.833. The summed E-state index contributed by atoms with van der Waals surface area (Å²) in [4.78, 5) is 17.1. The zero-order valence-corrected chi connectivity index (χ0v) is 13.4. The van der Waals surface area contributed by atoms with Gasteiger partial charge in [-0.15, -0.1) is 0 Å². The molecule has 3 rings (SSSR count). The van der Waals surface area contributed by atoms with E-state index in [0.29, 0.717) is 25.3 Å². The van der Waals surface area contributed by atoms with Crippen LogP contribution in [0.2, 0.25) is 0 Å². The lowest BCUT2D eigenvalue weighted by molar-refractivity contribution is 0.0787. The lowest BCUT2D eigenvalue weighted by Gasteiger charge is -2.18. The maximum Gasteiger partial charge on any atom is 0.270 e. The molecule has 3 heterocycles. The first-order valence-electron chi connectivity index (χ1n) is 7.77. The van der Waals surface area contributed by atoms with Crippen LogP contribution in [-0.2, 0) is 10.0 Å². The molecule has 2 saturated heterocycles. The van der Waals surface area contributed by atoms with Crippen LogP contribution >= 0.6 is 0 Å². The van der Waals surface area contributed by atoms with Crippen LogP contribution in [0.1, 0.15) is 29.8 Å². The third-order valence-electron chi connectivity index (χ3n) is 4.22. The van der Waals surface area contributed by atoms with Gasteiger partial charge in [0.1, 0.15) is 10.6 Å². The number of sulfonamides is 1. The van der Waals surface area contributed by atoms with Gasteiger partial charge >= 0.3 is 0 Å². The van der Waals surface area contributed by atoms with Crippen LogP contribution in [0.3, 0.4) is 0 Å². The molecule has 22 heavy (non-hydrogen) atoms. The number of nitrogens with one attached hydrogen (secondary N) is 2. The molecule has 0 bridgehead atoms. The number of hydrogen-bond donors (Lipinski definition) is 2. The molecule has 1 amide bonds. The van der Waals surface area contributed by atoms with E-state index >= 15 is 0 Å². The Bertz CT molecular complexity index is 626. The van der Waals surface area contributed by atoms with Crippen molar-refractivity contribution in [3.05, 3.63) is 18.0 Å². The highest BCUT2D eigenvalue weighted by atomic mass is 32.2. The molecule has 0 atom stereocenters. The van der Waals surface area contributed by atoms with Crippen molar-refractivity contribution in [1.29, 1.82) is 0 Å². The number of aromatic nitrogens is 1. The van der Waals surface area contributed by atoms with Crippen LogP contribution in [0.5, 0.6) is 0 Å². The lowest BCUT2D eigenvalue weighted by atomic mass is 10.4. The maximum atomic E-state index is 12.7. The van der Waals surface area contributed by atoms with Gasteiger partial charge in [0.05, 0.1) is 0 Å². The van der Waals surface area contributed by atoms with E-state index < -0.39 is 10.0 Å². The van der Waals surface area contributed by atoms with Gasteiger partial charge in [0, 0.05) is 38.9 Å². The van der Waals surface area contributed by atoms with Crippen LogP contribution in [0, 0.1) is 0 Å². The fourth-order valence-electron chi connectivity index (χ4n) is 2.95. The van der Waals surface area contributed by atoms with E-state index in [4.69, 9.17) is 0 Å². The fraction of sp³-hybridized carbons (Fsp3) is 0.643. The second kappa shape index (κ2) is 6.39. The van der Waals surface area contributed by atoms with Crippen molar-refractivity contribution in [2.75, 3.05) is 39.3 Å². The number of rotatable bonds is 3. The van der Waals surface area contributed by atoms with E-state index in [0.717, 1.165) is 38.9 Å². The average molecular weight is 326 g/mol. The number of carbonyl (C=O) groups is 1. The third-order valence-corrected chi connectivity index (χ3v) is 6.09. The van der Waals surface area contributed by atoms with Crippen molar-refractivity contribution >= 4 is 15.9 Å². The molecule has 0 spiro atoms. The highest BCUT2D eigenvalue weighted by Crippen LogP contribution is 2.19. The minimum absolute atomic E-state index is 0.114. The zero-order chi connectivity index (χ0) is 15.6. The molecule has 2 fully saturated rings. The first-order valence-corrected chi connectivity index (χ1v) is 9.21. The Balaban J connectivity index is 1.78. The minimum atomic E-state index is -3.53. The second-order valence-corrected chi connectivity index (χ2v) is 7.69. The first-order chi connectivity index (χ1) is 10.6. The number of carbonyl (C=O) groups excluding carboxylic acids is 1. The molecule has 0 unspecified atom stereocenters. The van der Waals surface area contributed by atoms with E-state index in [-0.39, 0.29) is 10.8 Å². The Kier molecular flexibility index (Phi) is 4.51. The Labute approximate surface area is 130 Å². The molecule has 2 aliphatic rings. The highest BCUT2D eigenvalue weighted by molar-refractivity contribution is 7.89. The van der Waals surface area contributed by atoms with Crippen molar-refractivity contribution in [3.63, 3.8) is 0 Å². The van der Waals surface area contributed by atoms with Crippen molar-refractivity contribution in [3.8, 4) is 0 Å². The van der Waals surface area contributed by atoms with E-state index in [1.165, 1.54) is 16.6 Å². The number of amides is 1. The van der Waals surface area contributed by atoms with Gasteiger partial charge in [0.25, 0.3) is 5.91 Å². The van der Waals surface area contributed by atoms with Crippen molar-refractivity contribution in [1.82, 2.24) is 19.5 Å². The summed E-state index contributed by atoms with van der Waals surface area (Å²) >= 11 is 0. The molecular weight excluding hydrogens is 304 g/mol. The van der Waals surface area contributed by atoms with Crippen molar-refractivity contribution in [2.24, 2.45) is 0 Å². The Hall–Kier alpha value is -1.38. The molecule has 122 valence electrons. The first kappa shape index (κ1) is 15.5. The number of likely N-dealkylation sites (tertiary alicyclic amines) is 1. The topological polar surface area (TPSA) is 85.5 Å². The van der Waals surface area contributed by atoms with Crippen molar-refractivity contribution < 1.29 is 13.2 Å². The van der Waals surface area contributed by atoms with Gasteiger partial charge in [-0.1, -0.05) is 0 Å². The zero-order valence-electron chi connectivity index (χ0n) is 12.5. The SMILES string of the molecule is O=C(c1cc(S(=O)(=O)N2CCCNCC2)c[nH]1)N1CCCC1. The van der Waals surface area contributed by atoms with E-state index in [9.17, 15) is 13.2 Å². The molecule has 0 aromatic carbocycles. The molecule has 0 saturated carbocycles.